The van der Waals surface area contributed by atoms with Gasteiger partial charge in [-0.25, -0.2) is 0 Å². The van der Waals surface area contributed by atoms with Crippen molar-refractivity contribution in [3.63, 3.8) is 0 Å². The molecule has 0 saturated heterocycles. The van der Waals surface area contributed by atoms with E-state index in [4.69, 9.17) is 23.2 Å². The van der Waals surface area contributed by atoms with Gasteiger partial charge >= 0.3 is 0 Å². The molecule has 0 aliphatic rings. The number of hydrogen-bond acceptors (Lipinski definition) is 3. The number of amides is 1. The Kier molecular flexibility index (Phi) is 6.26. The van der Waals surface area contributed by atoms with E-state index >= 15 is 0 Å². The molecule has 2 rings (SSSR count). The van der Waals surface area contributed by atoms with Crippen LogP contribution in [0.5, 0.6) is 0 Å². The molecule has 22 heavy (non-hydrogen) atoms. The van der Waals surface area contributed by atoms with Crippen LogP contribution < -0.4 is 10.6 Å². The maximum atomic E-state index is 12.1. The predicted molar refractivity (Wildman–Crippen MR) is 93.6 cm³/mol. The smallest absolute Gasteiger partial charge is 0.237 e. The van der Waals surface area contributed by atoms with Gasteiger partial charge < -0.3 is 5.32 Å². The Morgan fingerprint density at radius 3 is 2.68 bits per heavy atom. The van der Waals surface area contributed by atoms with Crippen LogP contribution in [0, 0.1) is 0 Å². The van der Waals surface area contributed by atoms with Crippen LogP contribution in [-0.2, 0) is 11.3 Å². The van der Waals surface area contributed by atoms with Gasteiger partial charge in [0.05, 0.1) is 12.6 Å². The summed E-state index contributed by atoms with van der Waals surface area (Å²) in [5.74, 6) is -0.0367. The average Bonchev–Trinajstić information content (AvgIpc) is 2.97. The summed E-state index contributed by atoms with van der Waals surface area (Å²) in [7, 11) is 0. The molecule has 3 nitrogen and oxygen atoms in total. The normalized spacial score (nSPS) is 13.6. The second kappa shape index (κ2) is 7.97. The van der Waals surface area contributed by atoms with Crippen LogP contribution in [0.3, 0.4) is 0 Å². The Bertz CT molecular complexity index is 631. The SMILES string of the molecule is C[C@H](N[C@H](C)c1ccc(Cl)cc1Cl)C(=O)NCc1cccs1. The molecule has 0 aliphatic carbocycles. The lowest BCUT2D eigenvalue weighted by Crippen LogP contribution is -2.42. The van der Waals surface area contributed by atoms with Crippen LogP contribution in [-0.4, -0.2) is 11.9 Å². The molecular formula is C16H18Cl2N2OS. The minimum Gasteiger partial charge on any atom is -0.350 e. The third-order valence-corrected chi connectivity index (χ3v) is 4.78. The summed E-state index contributed by atoms with van der Waals surface area (Å²) in [6.45, 7) is 4.36. The van der Waals surface area contributed by atoms with E-state index in [-0.39, 0.29) is 18.0 Å². The zero-order valence-electron chi connectivity index (χ0n) is 12.4. The molecule has 0 spiro atoms. The summed E-state index contributed by atoms with van der Waals surface area (Å²) in [5.41, 5.74) is 0.920. The lowest BCUT2D eigenvalue weighted by Gasteiger charge is -2.21. The number of carbonyl (C=O) groups is 1. The molecule has 0 radical (unpaired) electrons. The molecule has 0 unspecified atom stereocenters. The molecule has 2 N–H and O–H groups in total. The minimum absolute atomic E-state index is 0.0367. The van der Waals surface area contributed by atoms with Gasteiger partial charge in [-0.1, -0.05) is 35.3 Å². The molecular weight excluding hydrogens is 339 g/mol. The van der Waals surface area contributed by atoms with Crippen LogP contribution in [0.1, 0.15) is 30.3 Å². The maximum Gasteiger partial charge on any atom is 0.237 e. The monoisotopic (exact) mass is 356 g/mol. The molecule has 0 fully saturated rings. The number of rotatable bonds is 6. The van der Waals surface area contributed by atoms with Crippen molar-refractivity contribution in [2.75, 3.05) is 0 Å². The highest BCUT2D eigenvalue weighted by molar-refractivity contribution is 7.09. The van der Waals surface area contributed by atoms with E-state index in [0.717, 1.165) is 10.4 Å². The van der Waals surface area contributed by atoms with Crippen LogP contribution in [0.2, 0.25) is 10.0 Å². The Morgan fingerprint density at radius 2 is 2.05 bits per heavy atom. The molecule has 1 amide bonds. The van der Waals surface area contributed by atoms with Crippen LogP contribution >= 0.6 is 34.5 Å². The summed E-state index contributed by atoms with van der Waals surface area (Å²) in [5, 5.41) is 9.36. The van der Waals surface area contributed by atoms with E-state index < -0.39 is 0 Å². The van der Waals surface area contributed by atoms with Crippen molar-refractivity contribution in [2.45, 2.75) is 32.5 Å². The van der Waals surface area contributed by atoms with Gasteiger partial charge in [-0.15, -0.1) is 11.3 Å². The molecule has 0 bridgehead atoms. The maximum absolute atomic E-state index is 12.1. The minimum atomic E-state index is -0.318. The van der Waals surface area contributed by atoms with Gasteiger partial charge in [0.2, 0.25) is 5.91 Å². The molecule has 6 heteroatoms. The molecule has 0 aliphatic heterocycles. The summed E-state index contributed by atoms with van der Waals surface area (Å²) in [6, 6.07) is 8.98. The van der Waals surface area contributed by atoms with E-state index in [9.17, 15) is 4.79 Å². The first-order valence-electron chi connectivity index (χ1n) is 6.98. The van der Waals surface area contributed by atoms with Gasteiger partial charge in [-0.05, 0) is 43.0 Å². The first-order chi connectivity index (χ1) is 10.5. The Labute approximate surface area is 144 Å². The van der Waals surface area contributed by atoms with E-state index in [2.05, 4.69) is 10.6 Å². The van der Waals surface area contributed by atoms with Gasteiger partial charge in [0.1, 0.15) is 0 Å². The summed E-state index contributed by atoms with van der Waals surface area (Å²) < 4.78 is 0. The van der Waals surface area contributed by atoms with Crippen molar-refractivity contribution in [1.82, 2.24) is 10.6 Å². The molecule has 1 aromatic carbocycles. The van der Waals surface area contributed by atoms with Crippen molar-refractivity contribution >= 4 is 40.4 Å². The van der Waals surface area contributed by atoms with Crippen LogP contribution in [0.15, 0.2) is 35.7 Å². The summed E-state index contributed by atoms with van der Waals surface area (Å²) in [4.78, 5) is 13.3. The van der Waals surface area contributed by atoms with E-state index in [1.807, 2.05) is 37.4 Å². The topological polar surface area (TPSA) is 41.1 Å². The van der Waals surface area contributed by atoms with E-state index in [1.54, 1.807) is 23.5 Å². The largest absolute Gasteiger partial charge is 0.350 e. The molecule has 0 saturated carbocycles. The fourth-order valence-electron chi connectivity index (χ4n) is 2.13. The van der Waals surface area contributed by atoms with Gasteiger partial charge in [-0.2, -0.15) is 0 Å². The standard InChI is InChI=1S/C16H18Cl2N2OS/c1-10(14-6-5-12(17)8-15(14)18)20-11(2)16(21)19-9-13-4-3-7-22-13/h3-8,10-11,20H,9H2,1-2H3,(H,19,21)/t10-,11+/m1/s1. The fraction of sp³-hybridized carbons (Fsp3) is 0.312. The number of hydrogen-bond donors (Lipinski definition) is 2. The van der Waals surface area contributed by atoms with Gasteiger partial charge in [0.15, 0.2) is 0 Å². The van der Waals surface area contributed by atoms with Gasteiger partial charge in [0, 0.05) is 21.0 Å². The van der Waals surface area contributed by atoms with Crippen molar-refractivity contribution in [3.8, 4) is 0 Å². The fourth-order valence-corrected chi connectivity index (χ4v) is 3.35. The first-order valence-corrected chi connectivity index (χ1v) is 8.62. The third-order valence-electron chi connectivity index (χ3n) is 3.34. The number of thiophene rings is 1. The van der Waals surface area contributed by atoms with Crippen LogP contribution in [0.4, 0.5) is 0 Å². The summed E-state index contributed by atoms with van der Waals surface area (Å²) >= 11 is 13.7. The lowest BCUT2D eigenvalue weighted by atomic mass is 10.1. The van der Waals surface area contributed by atoms with Crippen LogP contribution in [0.25, 0.3) is 0 Å². The number of nitrogens with one attached hydrogen (secondary N) is 2. The molecule has 1 aromatic heterocycles. The highest BCUT2D eigenvalue weighted by Crippen LogP contribution is 2.26. The quantitative estimate of drug-likeness (QED) is 0.804. The zero-order valence-corrected chi connectivity index (χ0v) is 14.7. The predicted octanol–water partition coefficient (Wildman–Crippen LogP) is 4.41. The highest BCUT2D eigenvalue weighted by Gasteiger charge is 2.17. The Hall–Kier alpha value is -1.07. The van der Waals surface area contributed by atoms with Crippen molar-refractivity contribution in [2.24, 2.45) is 0 Å². The first kappa shape index (κ1) is 17.3. The number of halogens is 2. The Balaban J connectivity index is 1.89. The summed E-state index contributed by atoms with van der Waals surface area (Å²) in [6.07, 6.45) is 0. The molecule has 2 aromatic rings. The van der Waals surface area contributed by atoms with Gasteiger partial charge in [0.25, 0.3) is 0 Å². The average molecular weight is 357 g/mol. The van der Waals surface area contributed by atoms with E-state index in [0.29, 0.717) is 16.6 Å². The van der Waals surface area contributed by atoms with Crippen molar-refractivity contribution < 1.29 is 4.79 Å². The van der Waals surface area contributed by atoms with Crippen molar-refractivity contribution in [1.29, 1.82) is 0 Å². The molecule has 2 atom stereocenters. The second-order valence-electron chi connectivity index (χ2n) is 5.07. The number of benzene rings is 1. The highest BCUT2D eigenvalue weighted by atomic mass is 35.5. The van der Waals surface area contributed by atoms with Gasteiger partial charge in [-0.3, -0.25) is 10.1 Å². The lowest BCUT2D eigenvalue weighted by molar-refractivity contribution is -0.123. The van der Waals surface area contributed by atoms with Crippen molar-refractivity contribution in [3.05, 3.63) is 56.2 Å². The Morgan fingerprint density at radius 1 is 1.27 bits per heavy atom. The molecule has 1 heterocycles. The number of carbonyl (C=O) groups excluding carboxylic acids is 1. The third kappa shape index (κ3) is 4.71. The van der Waals surface area contributed by atoms with E-state index in [1.165, 1.54) is 0 Å². The molecule has 118 valence electrons. The zero-order chi connectivity index (χ0) is 16.1. The second-order valence-corrected chi connectivity index (χ2v) is 6.95.